The maximum absolute atomic E-state index is 14.0. The third-order valence-corrected chi connectivity index (χ3v) is 4.76. The molecule has 3 rings (SSSR count). The zero-order valence-electron chi connectivity index (χ0n) is 12.7. The Hall–Kier alpha value is -2.58. The summed E-state index contributed by atoms with van der Waals surface area (Å²) in [6, 6.07) is 0. The second-order valence-corrected chi connectivity index (χ2v) is 6.10. The van der Waals surface area contributed by atoms with Crippen molar-refractivity contribution in [3.63, 3.8) is 0 Å². The summed E-state index contributed by atoms with van der Waals surface area (Å²) in [4.78, 5) is 37.4. The summed E-state index contributed by atoms with van der Waals surface area (Å²) in [7, 11) is 1.41. The number of phenolic OH excluding ortho intramolecular Hbond substituents is 1. The first-order chi connectivity index (χ1) is 10.7. The maximum atomic E-state index is 14.0. The number of nitrogens with one attached hydrogen (secondary N) is 1. The van der Waals surface area contributed by atoms with Gasteiger partial charge in [0.1, 0.15) is 13.4 Å². The SMILES string of the molecule is Bc1c(N)c2c(c(O)c1F)C(=O)N([C@@]1(C)CCC(=O)NC1=O)C2. The molecule has 1 saturated heterocycles. The lowest BCUT2D eigenvalue weighted by atomic mass is 9.88. The van der Waals surface area contributed by atoms with E-state index in [4.69, 9.17) is 5.73 Å². The fourth-order valence-electron chi connectivity index (χ4n) is 3.12. The van der Waals surface area contributed by atoms with Crippen LogP contribution in [0.15, 0.2) is 0 Å². The van der Waals surface area contributed by atoms with Crippen molar-refractivity contribution >= 4 is 36.7 Å². The van der Waals surface area contributed by atoms with E-state index in [-0.39, 0.29) is 36.1 Å². The number of nitrogen functional groups attached to an aromatic ring is 1. The lowest BCUT2D eigenvalue weighted by Gasteiger charge is -2.39. The van der Waals surface area contributed by atoms with Crippen molar-refractivity contribution in [1.29, 1.82) is 0 Å². The number of fused-ring (bicyclic) bond motifs is 1. The molecule has 0 radical (unpaired) electrons. The van der Waals surface area contributed by atoms with Crippen LogP contribution < -0.4 is 16.5 Å². The molecular weight excluding hydrogens is 304 g/mol. The quantitative estimate of drug-likeness (QED) is 0.253. The van der Waals surface area contributed by atoms with Gasteiger partial charge in [-0.2, -0.15) is 0 Å². The van der Waals surface area contributed by atoms with E-state index < -0.39 is 34.8 Å². The number of phenols is 1. The van der Waals surface area contributed by atoms with Gasteiger partial charge < -0.3 is 15.7 Å². The monoisotopic (exact) mass is 319 g/mol. The number of hydrogen-bond donors (Lipinski definition) is 3. The van der Waals surface area contributed by atoms with Gasteiger partial charge in [-0.05, 0) is 18.8 Å². The van der Waals surface area contributed by atoms with Crippen LogP contribution in [0, 0.1) is 5.82 Å². The highest BCUT2D eigenvalue weighted by atomic mass is 19.1. The van der Waals surface area contributed by atoms with Crippen LogP contribution in [0.5, 0.6) is 5.75 Å². The van der Waals surface area contributed by atoms with E-state index in [1.165, 1.54) is 19.7 Å². The molecule has 9 heteroatoms. The van der Waals surface area contributed by atoms with Gasteiger partial charge in [-0.15, -0.1) is 0 Å². The molecular formula is C14H15BFN3O4. The van der Waals surface area contributed by atoms with Gasteiger partial charge in [-0.1, -0.05) is 0 Å². The van der Waals surface area contributed by atoms with Crippen LogP contribution >= 0.6 is 0 Å². The molecule has 2 heterocycles. The van der Waals surface area contributed by atoms with E-state index in [1.807, 2.05) is 0 Å². The summed E-state index contributed by atoms with van der Waals surface area (Å²) in [6.07, 6.45) is 0.247. The third-order valence-electron chi connectivity index (χ3n) is 4.76. The average molecular weight is 319 g/mol. The molecule has 120 valence electrons. The number of piperidine rings is 1. The molecule has 3 amide bonds. The molecule has 0 unspecified atom stereocenters. The molecule has 7 nitrogen and oxygen atoms in total. The molecule has 0 spiro atoms. The Balaban J connectivity index is 2.08. The van der Waals surface area contributed by atoms with Crippen molar-refractivity contribution in [2.45, 2.75) is 31.8 Å². The number of carbonyl (C=O) groups is 3. The Labute approximate surface area is 132 Å². The molecule has 1 aromatic carbocycles. The summed E-state index contributed by atoms with van der Waals surface area (Å²) < 4.78 is 14.0. The summed E-state index contributed by atoms with van der Waals surface area (Å²) in [5, 5.41) is 12.2. The number of halogens is 1. The molecule has 4 N–H and O–H groups in total. The van der Waals surface area contributed by atoms with E-state index in [9.17, 15) is 23.9 Å². The Bertz CT molecular complexity index is 782. The lowest BCUT2D eigenvalue weighted by Crippen LogP contribution is -2.61. The number of benzene rings is 1. The van der Waals surface area contributed by atoms with Crippen LogP contribution in [0.3, 0.4) is 0 Å². The first-order valence-electron chi connectivity index (χ1n) is 7.14. The minimum Gasteiger partial charge on any atom is -0.504 e. The number of anilines is 1. The predicted molar refractivity (Wildman–Crippen MR) is 81.3 cm³/mol. The minimum absolute atomic E-state index is 0.0210. The molecule has 1 aromatic rings. The second-order valence-electron chi connectivity index (χ2n) is 6.10. The normalized spacial score (nSPS) is 23.9. The molecule has 0 aromatic heterocycles. The standard InChI is InChI=1S/C14H15BFN3O4/c1-14(3-2-6(20)18-13(14)23)19-4-5-7(12(19)22)11(21)9(16)8(15)10(5)17/h21H,2-4,15,17H2,1H3,(H,18,20,23)/t14-/m0/s1. The van der Waals surface area contributed by atoms with Gasteiger partial charge in [0.2, 0.25) is 5.91 Å². The van der Waals surface area contributed by atoms with Gasteiger partial charge in [-0.3, -0.25) is 19.7 Å². The van der Waals surface area contributed by atoms with E-state index in [0.29, 0.717) is 5.56 Å². The Morgan fingerprint density at radius 2 is 2.04 bits per heavy atom. The van der Waals surface area contributed by atoms with Crippen molar-refractivity contribution in [1.82, 2.24) is 10.2 Å². The van der Waals surface area contributed by atoms with Crippen molar-refractivity contribution in [2.24, 2.45) is 0 Å². The Morgan fingerprint density at radius 1 is 1.39 bits per heavy atom. The van der Waals surface area contributed by atoms with Gasteiger partial charge in [0.05, 0.1) is 12.1 Å². The number of aromatic hydroxyl groups is 1. The second kappa shape index (κ2) is 4.71. The summed E-state index contributed by atoms with van der Waals surface area (Å²) in [5.74, 6) is -3.36. The zero-order valence-corrected chi connectivity index (χ0v) is 12.7. The summed E-state index contributed by atoms with van der Waals surface area (Å²) in [6.45, 7) is 1.52. The average Bonchev–Trinajstić information content (AvgIpc) is 2.85. The minimum atomic E-state index is -1.26. The number of amides is 3. The summed E-state index contributed by atoms with van der Waals surface area (Å²) >= 11 is 0. The predicted octanol–water partition coefficient (Wildman–Crippen LogP) is -1.48. The van der Waals surface area contributed by atoms with E-state index >= 15 is 0 Å². The lowest BCUT2D eigenvalue weighted by molar-refractivity contribution is -0.142. The van der Waals surface area contributed by atoms with Gasteiger partial charge in [0.15, 0.2) is 11.6 Å². The highest BCUT2D eigenvalue weighted by molar-refractivity contribution is 6.36. The van der Waals surface area contributed by atoms with E-state index in [0.717, 1.165) is 0 Å². The first kappa shape index (κ1) is 15.3. The first-order valence-corrected chi connectivity index (χ1v) is 7.14. The largest absolute Gasteiger partial charge is 0.504 e. The van der Waals surface area contributed by atoms with Gasteiger partial charge in [0.25, 0.3) is 11.8 Å². The van der Waals surface area contributed by atoms with E-state index in [2.05, 4.69) is 5.32 Å². The highest BCUT2D eigenvalue weighted by Gasteiger charge is 2.50. The number of hydrogen-bond acceptors (Lipinski definition) is 5. The van der Waals surface area contributed by atoms with Crippen LogP contribution in [-0.2, 0) is 16.1 Å². The molecule has 2 aliphatic heterocycles. The fourth-order valence-corrected chi connectivity index (χ4v) is 3.12. The maximum Gasteiger partial charge on any atom is 0.259 e. The number of imide groups is 1. The molecule has 0 aliphatic carbocycles. The Kier molecular flexibility index (Phi) is 3.14. The molecule has 2 aliphatic rings. The van der Waals surface area contributed by atoms with Crippen LogP contribution in [-0.4, -0.2) is 41.1 Å². The molecule has 0 saturated carbocycles. The molecule has 1 atom stereocenters. The number of nitrogens with zero attached hydrogens (tertiary/aromatic N) is 1. The van der Waals surface area contributed by atoms with Crippen molar-refractivity contribution in [3.05, 3.63) is 16.9 Å². The third kappa shape index (κ3) is 1.92. The van der Waals surface area contributed by atoms with Crippen LogP contribution in [0.2, 0.25) is 0 Å². The van der Waals surface area contributed by atoms with E-state index in [1.54, 1.807) is 0 Å². The van der Waals surface area contributed by atoms with Crippen LogP contribution in [0.4, 0.5) is 10.1 Å². The molecule has 1 fully saturated rings. The topological polar surface area (TPSA) is 113 Å². The fraction of sp³-hybridized carbons (Fsp3) is 0.357. The van der Waals surface area contributed by atoms with Crippen molar-refractivity contribution in [2.75, 3.05) is 5.73 Å². The Morgan fingerprint density at radius 3 is 2.65 bits per heavy atom. The van der Waals surface area contributed by atoms with Crippen LogP contribution in [0.1, 0.15) is 35.7 Å². The van der Waals surface area contributed by atoms with Gasteiger partial charge >= 0.3 is 0 Å². The smallest absolute Gasteiger partial charge is 0.259 e. The van der Waals surface area contributed by atoms with Gasteiger partial charge in [0, 0.05) is 17.7 Å². The van der Waals surface area contributed by atoms with Crippen molar-refractivity contribution in [3.8, 4) is 5.75 Å². The molecule has 0 bridgehead atoms. The van der Waals surface area contributed by atoms with Gasteiger partial charge in [-0.25, -0.2) is 4.39 Å². The number of nitrogens with two attached hydrogens (primary N) is 1. The summed E-state index contributed by atoms with van der Waals surface area (Å²) in [5.41, 5.74) is 4.85. The number of rotatable bonds is 1. The highest BCUT2D eigenvalue weighted by Crippen LogP contribution is 2.40. The number of carbonyl (C=O) groups excluding carboxylic acids is 3. The zero-order chi connectivity index (χ0) is 17.1. The van der Waals surface area contributed by atoms with Crippen LogP contribution in [0.25, 0.3) is 0 Å². The molecule has 23 heavy (non-hydrogen) atoms. The van der Waals surface area contributed by atoms with Crippen molar-refractivity contribution < 1.29 is 23.9 Å².